The molecule has 2 atom stereocenters. The molecular formula is C21H26N2O4. The van der Waals surface area contributed by atoms with Crippen LogP contribution < -0.4 is 11.2 Å². The summed E-state index contributed by atoms with van der Waals surface area (Å²) in [6.07, 6.45) is 2.04. The van der Waals surface area contributed by atoms with Crippen LogP contribution in [0.4, 0.5) is 0 Å². The molecule has 0 saturated carbocycles. The van der Waals surface area contributed by atoms with Crippen molar-refractivity contribution in [3.63, 3.8) is 0 Å². The molecule has 1 aliphatic rings. The molecule has 1 unspecified atom stereocenters. The topological polar surface area (TPSA) is 93.6 Å². The lowest BCUT2D eigenvalue weighted by atomic mass is 9.82. The summed E-state index contributed by atoms with van der Waals surface area (Å²) in [5.41, 5.74) is 5.91. The normalized spacial score (nSPS) is 17.7. The third kappa shape index (κ3) is 4.27. The van der Waals surface area contributed by atoms with Crippen LogP contribution in [0, 0.1) is 11.8 Å². The molecule has 1 aliphatic heterocycles. The van der Waals surface area contributed by atoms with Crippen molar-refractivity contribution in [2.45, 2.75) is 39.2 Å². The van der Waals surface area contributed by atoms with E-state index in [-0.39, 0.29) is 28.8 Å². The van der Waals surface area contributed by atoms with Gasteiger partial charge in [0.15, 0.2) is 17.0 Å². The number of carbonyl (C=O) groups excluding carboxylic acids is 2. The molecule has 1 aromatic heterocycles. The van der Waals surface area contributed by atoms with Crippen LogP contribution in [0.15, 0.2) is 39.5 Å². The molecule has 2 heterocycles. The number of ketones is 1. The number of Topliss-reactive ketones (excluding diaryl/α,β-unsaturated/α-hetero) is 1. The van der Waals surface area contributed by atoms with E-state index in [0.29, 0.717) is 36.4 Å². The SMILES string of the molecule is CC(CC(=O)c1cc(=O)c2ccccc2o1)C1CCN(C(=O)[C@H](C)N)CC1. The predicted molar refractivity (Wildman–Crippen MR) is 104 cm³/mol. The smallest absolute Gasteiger partial charge is 0.239 e. The van der Waals surface area contributed by atoms with Crippen LogP contribution in [0.5, 0.6) is 0 Å². The molecule has 6 heteroatoms. The lowest BCUT2D eigenvalue weighted by molar-refractivity contribution is -0.133. The number of rotatable bonds is 5. The zero-order chi connectivity index (χ0) is 19.6. The van der Waals surface area contributed by atoms with Crippen molar-refractivity contribution in [1.29, 1.82) is 0 Å². The van der Waals surface area contributed by atoms with E-state index in [9.17, 15) is 14.4 Å². The average Bonchev–Trinajstić information content (AvgIpc) is 2.67. The maximum atomic E-state index is 12.6. The molecule has 1 aromatic carbocycles. The minimum atomic E-state index is -0.476. The Kier molecular flexibility index (Phi) is 5.75. The largest absolute Gasteiger partial charge is 0.453 e. The number of hydrogen-bond acceptors (Lipinski definition) is 5. The molecule has 1 fully saturated rings. The van der Waals surface area contributed by atoms with Crippen LogP contribution in [-0.2, 0) is 4.79 Å². The number of hydrogen-bond donors (Lipinski definition) is 1. The van der Waals surface area contributed by atoms with E-state index >= 15 is 0 Å². The number of piperidine rings is 1. The molecular weight excluding hydrogens is 344 g/mol. The molecule has 144 valence electrons. The number of carbonyl (C=O) groups is 2. The van der Waals surface area contributed by atoms with Crippen molar-refractivity contribution >= 4 is 22.7 Å². The quantitative estimate of drug-likeness (QED) is 0.817. The van der Waals surface area contributed by atoms with Crippen molar-refractivity contribution < 1.29 is 14.0 Å². The Balaban J connectivity index is 1.63. The van der Waals surface area contributed by atoms with Gasteiger partial charge in [0.1, 0.15) is 5.58 Å². The molecule has 2 N–H and O–H groups in total. The van der Waals surface area contributed by atoms with Gasteiger partial charge in [-0.3, -0.25) is 14.4 Å². The molecule has 1 amide bonds. The first-order chi connectivity index (χ1) is 12.9. The monoisotopic (exact) mass is 370 g/mol. The van der Waals surface area contributed by atoms with Crippen molar-refractivity contribution in [3.8, 4) is 0 Å². The van der Waals surface area contributed by atoms with Crippen LogP contribution in [0.1, 0.15) is 43.7 Å². The Hall–Kier alpha value is -2.47. The van der Waals surface area contributed by atoms with Crippen molar-refractivity contribution in [2.24, 2.45) is 17.6 Å². The number of likely N-dealkylation sites (tertiary alicyclic amines) is 1. The lowest BCUT2D eigenvalue weighted by Gasteiger charge is -2.35. The van der Waals surface area contributed by atoms with Gasteiger partial charge in [0.25, 0.3) is 0 Å². The highest BCUT2D eigenvalue weighted by atomic mass is 16.3. The van der Waals surface area contributed by atoms with Gasteiger partial charge in [0, 0.05) is 25.6 Å². The first-order valence-corrected chi connectivity index (χ1v) is 9.47. The number of benzene rings is 1. The summed E-state index contributed by atoms with van der Waals surface area (Å²) < 4.78 is 5.65. The van der Waals surface area contributed by atoms with Gasteiger partial charge >= 0.3 is 0 Å². The second-order valence-electron chi connectivity index (χ2n) is 7.53. The van der Waals surface area contributed by atoms with Gasteiger partial charge in [0.05, 0.1) is 11.4 Å². The molecule has 0 spiro atoms. The number of nitrogens with zero attached hydrogens (tertiary/aromatic N) is 1. The molecule has 0 radical (unpaired) electrons. The van der Waals surface area contributed by atoms with Crippen molar-refractivity contribution in [3.05, 3.63) is 46.3 Å². The number of amides is 1. The Morgan fingerprint density at radius 3 is 2.56 bits per heavy atom. The Bertz CT molecular complexity index is 894. The second kappa shape index (κ2) is 8.05. The van der Waals surface area contributed by atoms with Crippen LogP contribution in [0.2, 0.25) is 0 Å². The summed E-state index contributed by atoms with van der Waals surface area (Å²) in [6, 6.07) is 7.75. The Morgan fingerprint density at radius 2 is 1.89 bits per heavy atom. The van der Waals surface area contributed by atoms with Gasteiger partial charge in [-0.2, -0.15) is 0 Å². The van der Waals surface area contributed by atoms with Crippen molar-refractivity contribution in [1.82, 2.24) is 4.90 Å². The number of nitrogens with two attached hydrogens (primary N) is 1. The molecule has 0 aliphatic carbocycles. The zero-order valence-electron chi connectivity index (χ0n) is 15.8. The average molecular weight is 370 g/mol. The molecule has 27 heavy (non-hydrogen) atoms. The van der Waals surface area contributed by atoms with Gasteiger partial charge in [-0.15, -0.1) is 0 Å². The number of fused-ring (bicyclic) bond motifs is 1. The minimum Gasteiger partial charge on any atom is -0.453 e. The Morgan fingerprint density at radius 1 is 1.22 bits per heavy atom. The fraction of sp³-hybridized carbons (Fsp3) is 0.476. The summed E-state index contributed by atoms with van der Waals surface area (Å²) >= 11 is 0. The van der Waals surface area contributed by atoms with E-state index in [0.717, 1.165) is 12.8 Å². The molecule has 0 bridgehead atoms. The minimum absolute atomic E-state index is 0.0184. The third-order valence-corrected chi connectivity index (χ3v) is 5.46. The summed E-state index contributed by atoms with van der Waals surface area (Å²) in [5, 5.41) is 0.480. The fourth-order valence-electron chi connectivity index (χ4n) is 3.78. The van der Waals surface area contributed by atoms with Crippen molar-refractivity contribution in [2.75, 3.05) is 13.1 Å². The number of para-hydroxylation sites is 1. The molecule has 3 rings (SSSR count). The van der Waals surface area contributed by atoms with E-state index in [4.69, 9.17) is 10.2 Å². The highest BCUT2D eigenvalue weighted by Crippen LogP contribution is 2.28. The molecule has 2 aromatic rings. The van der Waals surface area contributed by atoms with Crippen LogP contribution in [-0.4, -0.2) is 35.7 Å². The van der Waals surface area contributed by atoms with E-state index in [1.807, 2.05) is 6.92 Å². The zero-order valence-corrected chi connectivity index (χ0v) is 15.8. The molecule has 1 saturated heterocycles. The summed E-state index contributed by atoms with van der Waals surface area (Å²) in [7, 11) is 0. The van der Waals surface area contributed by atoms with Crippen LogP contribution in [0.3, 0.4) is 0 Å². The van der Waals surface area contributed by atoms with Gasteiger partial charge in [0.2, 0.25) is 5.91 Å². The third-order valence-electron chi connectivity index (χ3n) is 5.46. The summed E-state index contributed by atoms with van der Waals surface area (Å²) in [5.74, 6) is 0.463. The molecule has 6 nitrogen and oxygen atoms in total. The van der Waals surface area contributed by atoms with E-state index in [2.05, 4.69) is 0 Å². The Labute approximate surface area is 158 Å². The lowest BCUT2D eigenvalue weighted by Crippen LogP contribution is -2.46. The van der Waals surface area contributed by atoms with E-state index < -0.39 is 6.04 Å². The predicted octanol–water partition coefficient (Wildman–Crippen LogP) is 2.59. The standard InChI is InChI=1S/C21H26N2O4/c1-13(15-7-9-23(10-8-15)21(26)14(2)22)11-18(25)20-12-17(24)16-5-3-4-6-19(16)27-20/h3-6,12-15H,7-11,22H2,1-2H3/t13?,14-/m0/s1. The van der Waals surface area contributed by atoms with E-state index in [1.54, 1.807) is 36.1 Å². The van der Waals surface area contributed by atoms with Gasteiger partial charge in [-0.1, -0.05) is 19.1 Å². The highest BCUT2D eigenvalue weighted by Gasteiger charge is 2.29. The maximum Gasteiger partial charge on any atom is 0.239 e. The fourth-order valence-corrected chi connectivity index (χ4v) is 3.78. The second-order valence-corrected chi connectivity index (χ2v) is 7.53. The van der Waals surface area contributed by atoms with Gasteiger partial charge < -0.3 is 15.1 Å². The van der Waals surface area contributed by atoms with Crippen LogP contribution in [0.25, 0.3) is 11.0 Å². The summed E-state index contributed by atoms with van der Waals surface area (Å²) in [6.45, 7) is 5.10. The first-order valence-electron chi connectivity index (χ1n) is 9.47. The first kappa shape index (κ1) is 19.3. The highest BCUT2D eigenvalue weighted by molar-refractivity contribution is 5.95. The van der Waals surface area contributed by atoms with Gasteiger partial charge in [-0.05, 0) is 43.7 Å². The van der Waals surface area contributed by atoms with Crippen LogP contribution >= 0.6 is 0 Å². The van der Waals surface area contributed by atoms with Gasteiger partial charge in [-0.25, -0.2) is 0 Å². The summed E-state index contributed by atoms with van der Waals surface area (Å²) in [4.78, 5) is 38.6. The van der Waals surface area contributed by atoms with E-state index in [1.165, 1.54) is 6.07 Å². The maximum absolute atomic E-state index is 12.6.